The molecular formula is C10H15N5O3. The monoisotopic (exact) mass is 253 g/mol. The molecule has 1 aliphatic rings. The van der Waals surface area contributed by atoms with E-state index in [-0.39, 0.29) is 12.6 Å². The van der Waals surface area contributed by atoms with E-state index in [0.29, 0.717) is 25.2 Å². The molecule has 18 heavy (non-hydrogen) atoms. The predicted molar refractivity (Wildman–Crippen MR) is 60.6 cm³/mol. The number of carbonyl (C=O) groups is 2. The van der Waals surface area contributed by atoms with Gasteiger partial charge >= 0.3 is 12.0 Å². The van der Waals surface area contributed by atoms with Gasteiger partial charge in [0.05, 0.1) is 6.54 Å². The number of nitrogens with one attached hydrogen (secondary N) is 1. The Balaban J connectivity index is 1.92. The molecule has 0 aromatic carbocycles. The Morgan fingerprint density at radius 1 is 1.61 bits per heavy atom. The van der Waals surface area contributed by atoms with E-state index in [2.05, 4.69) is 15.5 Å². The van der Waals surface area contributed by atoms with E-state index < -0.39 is 12.0 Å². The fourth-order valence-electron chi connectivity index (χ4n) is 1.99. The minimum atomic E-state index is -0.957. The number of hydrogen-bond donors (Lipinski definition) is 2. The standard InChI is InChI=1S/C10H15N5O3/c1-14-6-12-13-8(14)5-11-10(18)15-4-2-3-7(15)9(16)17/h6-7H,2-5H2,1H3,(H,11,18)(H,16,17). The summed E-state index contributed by atoms with van der Waals surface area (Å²) in [6.45, 7) is 0.708. The highest BCUT2D eigenvalue weighted by atomic mass is 16.4. The summed E-state index contributed by atoms with van der Waals surface area (Å²) in [5.41, 5.74) is 0. The third kappa shape index (κ3) is 2.41. The van der Waals surface area contributed by atoms with Gasteiger partial charge in [-0.05, 0) is 12.8 Å². The van der Waals surface area contributed by atoms with Crippen molar-refractivity contribution in [2.75, 3.05) is 6.54 Å². The summed E-state index contributed by atoms with van der Waals surface area (Å²) >= 11 is 0. The first-order valence-corrected chi connectivity index (χ1v) is 5.69. The van der Waals surface area contributed by atoms with Crippen LogP contribution in [0.5, 0.6) is 0 Å². The summed E-state index contributed by atoms with van der Waals surface area (Å²) in [5, 5.41) is 19.2. The lowest BCUT2D eigenvalue weighted by Crippen LogP contribution is -2.45. The Kier molecular flexibility index (Phi) is 3.45. The van der Waals surface area contributed by atoms with Gasteiger partial charge in [0.2, 0.25) is 0 Å². The summed E-state index contributed by atoms with van der Waals surface area (Å²) in [7, 11) is 1.78. The first-order chi connectivity index (χ1) is 8.59. The lowest BCUT2D eigenvalue weighted by molar-refractivity contribution is -0.141. The number of hydrogen-bond acceptors (Lipinski definition) is 4. The molecule has 0 aliphatic carbocycles. The number of aromatic nitrogens is 3. The fraction of sp³-hybridized carbons (Fsp3) is 0.600. The van der Waals surface area contributed by atoms with E-state index in [1.54, 1.807) is 11.6 Å². The summed E-state index contributed by atoms with van der Waals surface area (Å²) in [6.07, 6.45) is 2.76. The van der Waals surface area contributed by atoms with Crippen LogP contribution in [-0.2, 0) is 18.4 Å². The lowest BCUT2D eigenvalue weighted by atomic mass is 10.2. The Labute approximate surface area is 104 Å². The summed E-state index contributed by atoms with van der Waals surface area (Å²) in [5.74, 6) is -0.337. The summed E-state index contributed by atoms with van der Waals surface area (Å²) in [6, 6.07) is -1.09. The molecule has 0 spiro atoms. The molecule has 8 nitrogen and oxygen atoms in total. The van der Waals surface area contributed by atoms with E-state index in [1.165, 1.54) is 11.2 Å². The van der Waals surface area contributed by atoms with Crippen molar-refractivity contribution >= 4 is 12.0 Å². The molecule has 1 aliphatic heterocycles. The zero-order valence-electron chi connectivity index (χ0n) is 10.0. The molecule has 1 unspecified atom stereocenters. The van der Waals surface area contributed by atoms with Crippen LogP contribution in [0.4, 0.5) is 4.79 Å². The summed E-state index contributed by atoms with van der Waals surface area (Å²) in [4.78, 5) is 24.2. The van der Waals surface area contributed by atoms with Crippen molar-refractivity contribution in [3.05, 3.63) is 12.2 Å². The van der Waals surface area contributed by atoms with Gasteiger partial charge in [0, 0.05) is 13.6 Å². The lowest BCUT2D eigenvalue weighted by Gasteiger charge is -2.21. The van der Waals surface area contributed by atoms with E-state index in [0.717, 1.165) is 0 Å². The number of carbonyl (C=O) groups excluding carboxylic acids is 1. The van der Waals surface area contributed by atoms with Crippen molar-refractivity contribution in [3.8, 4) is 0 Å². The van der Waals surface area contributed by atoms with Gasteiger partial charge in [-0.15, -0.1) is 10.2 Å². The van der Waals surface area contributed by atoms with E-state index in [4.69, 9.17) is 5.11 Å². The van der Waals surface area contributed by atoms with E-state index in [1.807, 2.05) is 0 Å². The molecule has 1 fully saturated rings. The first-order valence-electron chi connectivity index (χ1n) is 5.69. The van der Waals surface area contributed by atoms with Crippen molar-refractivity contribution in [2.45, 2.75) is 25.4 Å². The normalized spacial score (nSPS) is 18.9. The van der Waals surface area contributed by atoms with Gasteiger partial charge in [-0.3, -0.25) is 0 Å². The number of aliphatic carboxylic acids is 1. The smallest absolute Gasteiger partial charge is 0.326 e. The molecule has 98 valence electrons. The number of rotatable bonds is 3. The minimum absolute atomic E-state index is 0.234. The van der Waals surface area contributed by atoms with Gasteiger partial charge < -0.3 is 19.9 Å². The zero-order chi connectivity index (χ0) is 13.1. The molecule has 2 rings (SSSR count). The van der Waals surface area contributed by atoms with Crippen LogP contribution in [0.1, 0.15) is 18.7 Å². The zero-order valence-corrected chi connectivity index (χ0v) is 10.0. The minimum Gasteiger partial charge on any atom is -0.480 e. The molecule has 0 saturated carbocycles. The van der Waals surface area contributed by atoms with Crippen LogP contribution in [0, 0.1) is 0 Å². The number of amides is 2. The van der Waals surface area contributed by atoms with Gasteiger partial charge in [0.1, 0.15) is 12.4 Å². The average Bonchev–Trinajstić information content (AvgIpc) is 2.94. The predicted octanol–water partition coefficient (Wildman–Crippen LogP) is -0.426. The van der Waals surface area contributed by atoms with Crippen molar-refractivity contribution in [2.24, 2.45) is 7.05 Å². The number of aryl methyl sites for hydroxylation is 1. The van der Waals surface area contributed by atoms with Crippen molar-refractivity contribution in [3.63, 3.8) is 0 Å². The van der Waals surface area contributed by atoms with E-state index in [9.17, 15) is 9.59 Å². The number of carboxylic acids is 1. The Morgan fingerprint density at radius 3 is 3.00 bits per heavy atom. The highest BCUT2D eigenvalue weighted by Crippen LogP contribution is 2.17. The van der Waals surface area contributed by atoms with Crippen LogP contribution in [0.25, 0.3) is 0 Å². The molecule has 2 amide bonds. The largest absolute Gasteiger partial charge is 0.480 e. The third-order valence-electron chi connectivity index (χ3n) is 3.00. The Morgan fingerprint density at radius 2 is 2.39 bits per heavy atom. The molecule has 1 aromatic heterocycles. The molecule has 8 heteroatoms. The molecule has 1 saturated heterocycles. The highest BCUT2D eigenvalue weighted by molar-refractivity contribution is 5.83. The van der Waals surface area contributed by atoms with Crippen molar-refractivity contribution < 1.29 is 14.7 Å². The molecule has 0 radical (unpaired) electrons. The molecule has 1 aromatic rings. The SMILES string of the molecule is Cn1cnnc1CNC(=O)N1CCCC1C(=O)O. The number of carboxylic acid groups (broad SMARTS) is 1. The number of likely N-dealkylation sites (tertiary alicyclic amines) is 1. The van der Waals surface area contributed by atoms with Gasteiger partial charge in [0.15, 0.2) is 5.82 Å². The topological polar surface area (TPSA) is 100 Å². The van der Waals surface area contributed by atoms with Crippen molar-refractivity contribution in [1.82, 2.24) is 25.0 Å². The van der Waals surface area contributed by atoms with Gasteiger partial charge in [-0.1, -0.05) is 0 Å². The fourth-order valence-corrected chi connectivity index (χ4v) is 1.99. The second-order valence-electron chi connectivity index (χ2n) is 4.21. The number of urea groups is 1. The van der Waals surface area contributed by atoms with Crippen LogP contribution in [0.2, 0.25) is 0 Å². The number of nitrogens with zero attached hydrogens (tertiary/aromatic N) is 4. The second kappa shape index (κ2) is 5.03. The maximum absolute atomic E-state index is 11.9. The maximum Gasteiger partial charge on any atom is 0.326 e. The molecule has 2 N–H and O–H groups in total. The molecule has 2 heterocycles. The Hall–Kier alpha value is -2.12. The molecule has 1 atom stereocenters. The van der Waals surface area contributed by atoms with Gasteiger partial charge in [0.25, 0.3) is 0 Å². The van der Waals surface area contributed by atoms with Gasteiger partial charge in [-0.25, -0.2) is 9.59 Å². The first kappa shape index (κ1) is 12.3. The second-order valence-corrected chi connectivity index (χ2v) is 4.21. The highest BCUT2D eigenvalue weighted by Gasteiger charge is 2.33. The third-order valence-corrected chi connectivity index (χ3v) is 3.00. The van der Waals surface area contributed by atoms with Crippen LogP contribution >= 0.6 is 0 Å². The maximum atomic E-state index is 11.9. The Bertz CT molecular complexity index is 458. The quantitative estimate of drug-likeness (QED) is 0.761. The summed E-state index contributed by atoms with van der Waals surface area (Å²) < 4.78 is 1.69. The van der Waals surface area contributed by atoms with Gasteiger partial charge in [-0.2, -0.15) is 0 Å². The van der Waals surface area contributed by atoms with E-state index >= 15 is 0 Å². The van der Waals surface area contributed by atoms with Crippen LogP contribution < -0.4 is 5.32 Å². The van der Waals surface area contributed by atoms with Crippen LogP contribution in [0.15, 0.2) is 6.33 Å². The van der Waals surface area contributed by atoms with Crippen molar-refractivity contribution in [1.29, 1.82) is 0 Å². The average molecular weight is 253 g/mol. The van der Waals surface area contributed by atoms with Crippen LogP contribution in [-0.4, -0.2) is 49.4 Å². The van der Waals surface area contributed by atoms with Crippen LogP contribution in [0.3, 0.4) is 0 Å². The molecular weight excluding hydrogens is 238 g/mol. The molecule has 0 bridgehead atoms.